The summed E-state index contributed by atoms with van der Waals surface area (Å²) in [5.41, 5.74) is 2.72. The van der Waals surface area contributed by atoms with E-state index in [9.17, 15) is 4.79 Å². The van der Waals surface area contributed by atoms with Crippen LogP contribution < -0.4 is 0 Å². The Kier molecular flexibility index (Phi) is 5.73. The molecule has 0 fully saturated rings. The third kappa shape index (κ3) is 4.43. The Labute approximate surface area is 132 Å². The van der Waals surface area contributed by atoms with Gasteiger partial charge in [0.05, 0.1) is 5.56 Å². The van der Waals surface area contributed by atoms with Crippen LogP contribution in [0.25, 0.3) is 0 Å². The molecule has 116 valence electrons. The second-order valence-electron chi connectivity index (χ2n) is 5.67. The van der Waals surface area contributed by atoms with Gasteiger partial charge in [0.15, 0.2) is 0 Å². The van der Waals surface area contributed by atoms with Gasteiger partial charge in [0.2, 0.25) is 0 Å². The Balaban J connectivity index is 2.04. The minimum absolute atomic E-state index is 0.349. The fourth-order valence-corrected chi connectivity index (χ4v) is 2.72. The van der Waals surface area contributed by atoms with Crippen molar-refractivity contribution in [1.82, 2.24) is 4.90 Å². The lowest BCUT2D eigenvalue weighted by Crippen LogP contribution is -2.32. The topological polar surface area (TPSA) is 40.5 Å². The summed E-state index contributed by atoms with van der Waals surface area (Å²) in [4.78, 5) is 13.4. The van der Waals surface area contributed by atoms with Crippen molar-refractivity contribution in [2.24, 2.45) is 0 Å². The molecule has 2 aromatic carbocycles. The predicted molar refractivity (Wildman–Crippen MR) is 89.1 cm³/mol. The van der Waals surface area contributed by atoms with E-state index in [1.165, 1.54) is 5.56 Å². The Bertz CT molecular complexity index is 610. The van der Waals surface area contributed by atoms with Gasteiger partial charge in [0, 0.05) is 12.6 Å². The summed E-state index contributed by atoms with van der Waals surface area (Å²) in [7, 11) is 2.10. The zero-order valence-corrected chi connectivity index (χ0v) is 13.2. The molecular formula is C19H23NO2. The molecule has 0 heterocycles. The van der Waals surface area contributed by atoms with E-state index in [0.717, 1.165) is 24.9 Å². The van der Waals surface area contributed by atoms with Crippen molar-refractivity contribution in [2.45, 2.75) is 32.4 Å². The average Bonchev–Trinajstić information content (AvgIpc) is 2.53. The van der Waals surface area contributed by atoms with Crippen molar-refractivity contribution < 1.29 is 9.90 Å². The summed E-state index contributed by atoms with van der Waals surface area (Å²) in [6, 6.07) is 18.1. The molecule has 0 aliphatic rings. The van der Waals surface area contributed by atoms with Gasteiger partial charge in [0.1, 0.15) is 0 Å². The predicted octanol–water partition coefficient (Wildman–Crippen LogP) is 3.84. The first-order valence-corrected chi connectivity index (χ1v) is 7.66. The van der Waals surface area contributed by atoms with Crippen LogP contribution in [0.2, 0.25) is 0 Å². The van der Waals surface area contributed by atoms with Crippen molar-refractivity contribution in [3.8, 4) is 0 Å². The molecule has 1 N–H and O–H groups in total. The zero-order valence-electron chi connectivity index (χ0n) is 13.2. The molecule has 0 aliphatic carbocycles. The summed E-state index contributed by atoms with van der Waals surface area (Å²) in [5, 5.41) is 9.08. The van der Waals surface area contributed by atoms with Crippen molar-refractivity contribution in [1.29, 1.82) is 0 Å². The van der Waals surface area contributed by atoms with E-state index in [2.05, 4.69) is 43.1 Å². The van der Waals surface area contributed by atoms with Crippen LogP contribution in [0.1, 0.15) is 34.8 Å². The van der Waals surface area contributed by atoms with Crippen LogP contribution in [0.4, 0.5) is 0 Å². The van der Waals surface area contributed by atoms with Gasteiger partial charge >= 0.3 is 5.97 Å². The number of carboxylic acid groups (broad SMARTS) is 1. The number of likely N-dealkylation sites (N-methyl/N-ethyl adjacent to an activating group) is 1. The molecule has 1 unspecified atom stereocenters. The smallest absolute Gasteiger partial charge is 0.335 e. The van der Waals surface area contributed by atoms with E-state index < -0.39 is 5.97 Å². The summed E-state index contributed by atoms with van der Waals surface area (Å²) in [6.45, 7) is 2.95. The largest absolute Gasteiger partial charge is 0.478 e. The molecule has 0 aromatic heterocycles. The number of rotatable bonds is 7. The molecule has 3 heteroatoms. The second-order valence-corrected chi connectivity index (χ2v) is 5.67. The molecule has 0 bridgehead atoms. The van der Waals surface area contributed by atoms with Gasteiger partial charge < -0.3 is 5.11 Å². The quantitative estimate of drug-likeness (QED) is 0.844. The molecule has 0 saturated carbocycles. The van der Waals surface area contributed by atoms with E-state index in [0.29, 0.717) is 11.6 Å². The third-order valence-electron chi connectivity index (χ3n) is 4.01. The van der Waals surface area contributed by atoms with Crippen LogP contribution in [0.15, 0.2) is 54.6 Å². The highest BCUT2D eigenvalue weighted by Gasteiger charge is 2.14. The molecule has 2 aromatic rings. The van der Waals surface area contributed by atoms with E-state index >= 15 is 0 Å². The maximum Gasteiger partial charge on any atom is 0.335 e. The number of benzene rings is 2. The molecule has 2 rings (SSSR count). The van der Waals surface area contributed by atoms with Crippen molar-refractivity contribution in [2.75, 3.05) is 7.05 Å². The zero-order chi connectivity index (χ0) is 15.9. The van der Waals surface area contributed by atoms with E-state index in [1.807, 2.05) is 18.2 Å². The van der Waals surface area contributed by atoms with Crippen molar-refractivity contribution in [3.05, 3.63) is 71.3 Å². The van der Waals surface area contributed by atoms with Gasteiger partial charge in [-0.05, 0) is 43.1 Å². The Morgan fingerprint density at radius 2 is 1.77 bits per heavy atom. The lowest BCUT2D eigenvalue weighted by molar-refractivity contribution is 0.0696. The number of carbonyl (C=O) groups is 1. The SMILES string of the molecule is CCC(Cc1ccccc1)N(C)Cc1cccc(C(=O)O)c1. The van der Waals surface area contributed by atoms with Gasteiger partial charge in [-0.15, -0.1) is 0 Å². The number of aromatic carboxylic acids is 1. The minimum Gasteiger partial charge on any atom is -0.478 e. The summed E-state index contributed by atoms with van der Waals surface area (Å²) in [6.07, 6.45) is 2.07. The van der Waals surface area contributed by atoms with Crippen molar-refractivity contribution in [3.63, 3.8) is 0 Å². The van der Waals surface area contributed by atoms with Crippen LogP contribution >= 0.6 is 0 Å². The van der Waals surface area contributed by atoms with Crippen LogP contribution in [0.5, 0.6) is 0 Å². The maximum absolute atomic E-state index is 11.1. The fraction of sp³-hybridized carbons (Fsp3) is 0.316. The minimum atomic E-state index is -0.874. The summed E-state index contributed by atoms with van der Waals surface area (Å²) >= 11 is 0. The van der Waals surface area contributed by atoms with Crippen molar-refractivity contribution >= 4 is 5.97 Å². The first-order valence-electron chi connectivity index (χ1n) is 7.66. The number of carboxylic acids is 1. The standard InChI is InChI=1S/C19H23NO2/c1-3-18(13-15-8-5-4-6-9-15)20(2)14-16-10-7-11-17(12-16)19(21)22/h4-12,18H,3,13-14H2,1-2H3,(H,21,22). The van der Waals surface area contributed by atoms with Gasteiger partial charge in [-0.3, -0.25) is 4.90 Å². The molecule has 0 aliphatic heterocycles. The van der Waals surface area contributed by atoms with Gasteiger partial charge in [-0.25, -0.2) is 4.79 Å². The molecule has 1 atom stereocenters. The normalized spacial score (nSPS) is 12.3. The van der Waals surface area contributed by atoms with E-state index in [1.54, 1.807) is 12.1 Å². The molecule has 0 amide bonds. The van der Waals surface area contributed by atoms with E-state index in [-0.39, 0.29) is 0 Å². The second kappa shape index (κ2) is 7.76. The van der Waals surface area contributed by atoms with Gasteiger partial charge in [-0.2, -0.15) is 0 Å². The molecule has 0 saturated heterocycles. The third-order valence-corrected chi connectivity index (χ3v) is 4.01. The van der Waals surface area contributed by atoms with Crippen LogP contribution in [-0.2, 0) is 13.0 Å². The Morgan fingerprint density at radius 3 is 2.41 bits per heavy atom. The first kappa shape index (κ1) is 16.2. The van der Waals surface area contributed by atoms with Crippen LogP contribution in [0, 0.1) is 0 Å². The van der Waals surface area contributed by atoms with Crippen LogP contribution in [-0.4, -0.2) is 29.1 Å². The maximum atomic E-state index is 11.1. The number of nitrogens with zero attached hydrogens (tertiary/aromatic N) is 1. The molecule has 0 radical (unpaired) electrons. The average molecular weight is 297 g/mol. The highest BCUT2D eigenvalue weighted by molar-refractivity contribution is 5.87. The summed E-state index contributed by atoms with van der Waals surface area (Å²) < 4.78 is 0. The van der Waals surface area contributed by atoms with Gasteiger partial charge in [0.25, 0.3) is 0 Å². The number of hydrogen-bond acceptors (Lipinski definition) is 2. The van der Waals surface area contributed by atoms with Gasteiger partial charge in [-0.1, -0.05) is 49.4 Å². The number of hydrogen-bond donors (Lipinski definition) is 1. The Morgan fingerprint density at radius 1 is 1.09 bits per heavy atom. The highest BCUT2D eigenvalue weighted by Crippen LogP contribution is 2.15. The summed E-state index contributed by atoms with van der Waals surface area (Å²) in [5.74, 6) is -0.874. The molecule has 3 nitrogen and oxygen atoms in total. The Hall–Kier alpha value is -2.13. The first-order chi connectivity index (χ1) is 10.6. The lowest BCUT2D eigenvalue weighted by Gasteiger charge is -2.27. The molecule has 22 heavy (non-hydrogen) atoms. The molecule has 0 spiro atoms. The monoisotopic (exact) mass is 297 g/mol. The molecular weight excluding hydrogens is 274 g/mol. The van der Waals surface area contributed by atoms with Crippen LogP contribution in [0.3, 0.4) is 0 Å². The lowest BCUT2D eigenvalue weighted by atomic mass is 10.0. The fourth-order valence-electron chi connectivity index (χ4n) is 2.72. The highest BCUT2D eigenvalue weighted by atomic mass is 16.4. The van der Waals surface area contributed by atoms with E-state index in [4.69, 9.17) is 5.11 Å².